The minimum absolute atomic E-state index is 0.208. The number of halogens is 3. The van der Waals surface area contributed by atoms with Crippen molar-refractivity contribution in [3.8, 4) is 0 Å². The van der Waals surface area contributed by atoms with Crippen molar-refractivity contribution >= 4 is 17.2 Å². The Bertz CT molecular complexity index is 492. The van der Waals surface area contributed by atoms with E-state index in [0.717, 1.165) is 9.75 Å². The second kappa shape index (κ2) is 5.37. The summed E-state index contributed by atoms with van der Waals surface area (Å²) in [4.78, 5) is 14.1. The molecule has 0 spiro atoms. The van der Waals surface area contributed by atoms with Gasteiger partial charge in [0.25, 0.3) is 0 Å². The van der Waals surface area contributed by atoms with Crippen LogP contribution in [0, 0.1) is 12.3 Å². The van der Waals surface area contributed by atoms with Gasteiger partial charge < -0.3 is 10.6 Å². The topological polar surface area (TPSA) is 41.1 Å². The average Bonchev–Trinajstić information content (AvgIpc) is 2.96. The predicted octanol–water partition coefficient (Wildman–Crippen LogP) is 2.78. The molecular weight excluding hydrogens is 289 g/mol. The van der Waals surface area contributed by atoms with Gasteiger partial charge in [-0.25, -0.2) is 0 Å². The van der Waals surface area contributed by atoms with Crippen LogP contribution in [0.25, 0.3) is 0 Å². The Morgan fingerprint density at radius 3 is 2.65 bits per heavy atom. The standard InChI is InChI=1S/C13H17F3N2OS/c1-8-3-4-10(20-8)9(2)18-11(19)12(13(14,15)16)5-6-17-7-12/h3-4,9,17H,5-7H2,1-2H3,(H,18,19). The van der Waals surface area contributed by atoms with Gasteiger partial charge in [-0.3, -0.25) is 4.79 Å². The molecule has 1 aliphatic rings. The van der Waals surface area contributed by atoms with Crippen molar-refractivity contribution < 1.29 is 18.0 Å². The fraction of sp³-hybridized carbons (Fsp3) is 0.615. The highest BCUT2D eigenvalue weighted by molar-refractivity contribution is 7.12. The van der Waals surface area contributed by atoms with Crippen molar-refractivity contribution in [2.45, 2.75) is 32.5 Å². The van der Waals surface area contributed by atoms with E-state index < -0.39 is 23.5 Å². The van der Waals surface area contributed by atoms with E-state index in [4.69, 9.17) is 0 Å². The van der Waals surface area contributed by atoms with Crippen LogP contribution in [-0.2, 0) is 4.79 Å². The summed E-state index contributed by atoms with van der Waals surface area (Å²) in [6, 6.07) is 3.30. The number of amides is 1. The number of hydrogen-bond acceptors (Lipinski definition) is 3. The summed E-state index contributed by atoms with van der Waals surface area (Å²) in [6.07, 6.45) is -4.75. The summed E-state index contributed by atoms with van der Waals surface area (Å²) < 4.78 is 39.7. The van der Waals surface area contributed by atoms with Crippen LogP contribution >= 0.6 is 11.3 Å². The molecule has 2 atom stereocenters. The summed E-state index contributed by atoms with van der Waals surface area (Å²) in [5, 5.41) is 5.15. The fourth-order valence-corrected chi connectivity index (χ4v) is 3.23. The highest BCUT2D eigenvalue weighted by atomic mass is 32.1. The predicted molar refractivity (Wildman–Crippen MR) is 71.6 cm³/mol. The summed E-state index contributed by atoms with van der Waals surface area (Å²) in [7, 11) is 0. The lowest BCUT2D eigenvalue weighted by Gasteiger charge is -2.30. The van der Waals surface area contributed by atoms with Crippen molar-refractivity contribution in [3.63, 3.8) is 0 Å². The zero-order valence-corrected chi connectivity index (χ0v) is 12.1. The van der Waals surface area contributed by atoms with Gasteiger partial charge in [0.1, 0.15) is 0 Å². The molecule has 2 heterocycles. The number of carbonyl (C=O) groups excluding carboxylic acids is 1. The van der Waals surface area contributed by atoms with Crippen molar-refractivity contribution in [2.24, 2.45) is 5.41 Å². The lowest BCUT2D eigenvalue weighted by molar-refractivity contribution is -0.216. The van der Waals surface area contributed by atoms with E-state index in [1.807, 2.05) is 19.1 Å². The van der Waals surface area contributed by atoms with Gasteiger partial charge in [0.2, 0.25) is 5.91 Å². The van der Waals surface area contributed by atoms with Gasteiger partial charge in [0.05, 0.1) is 6.04 Å². The van der Waals surface area contributed by atoms with E-state index in [0.29, 0.717) is 0 Å². The second-order valence-corrected chi connectivity index (χ2v) is 6.47. The van der Waals surface area contributed by atoms with E-state index in [-0.39, 0.29) is 19.5 Å². The molecule has 112 valence electrons. The molecule has 1 aromatic rings. The van der Waals surface area contributed by atoms with Gasteiger partial charge in [0, 0.05) is 16.3 Å². The minimum Gasteiger partial charge on any atom is -0.348 e. The first kappa shape index (κ1) is 15.3. The van der Waals surface area contributed by atoms with Crippen LogP contribution in [0.4, 0.5) is 13.2 Å². The fourth-order valence-electron chi connectivity index (χ4n) is 2.35. The highest BCUT2D eigenvalue weighted by Crippen LogP contribution is 2.43. The van der Waals surface area contributed by atoms with Gasteiger partial charge in [-0.2, -0.15) is 13.2 Å². The number of nitrogens with one attached hydrogen (secondary N) is 2. The zero-order chi connectivity index (χ0) is 15.0. The van der Waals surface area contributed by atoms with Gasteiger partial charge in [-0.1, -0.05) is 0 Å². The number of rotatable bonds is 3. The lowest BCUT2D eigenvalue weighted by Crippen LogP contribution is -2.52. The molecule has 1 amide bonds. The van der Waals surface area contributed by atoms with E-state index in [2.05, 4.69) is 10.6 Å². The number of thiophene rings is 1. The van der Waals surface area contributed by atoms with Crippen molar-refractivity contribution in [1.82, 2.24) is 10.6 Å². The molecule has 1 aliphatic heterocycles. The SMILES string of the molecule is Cc1ccc(C(C)NC(=O)C2(C(F)(F)F)CCNC2)s1. The van der Waals surface area contributed by atoms with Crippen molar-refractivity contribution in [2.75, 3.05) is 13.1 Å². The van der Waals surface area contributed by atoms with Gasteiger partial charge in [-0.15, -0.1) is 11.3 Å². The molecule has 0 aliphatic carbocycles. The highest BCUT2D eigenvalue weighted by Gasteiger charge is 2.61. The second-order valence-electron chi connectivity index (χ2n) is 5.15. The van der Waals surface area contributed by atoms with Crippen molar-refractivity contribution in [3.05, 3.63) is 21.9 Å². The number of hydrogen-bond donors (Lipinski definition) is 2. The van der Waals surface area contributed by atoms with E-state index in [1.54, 1.807) is 6.92 Å². The Labute approximate surface area is 119 Å². The minimum atomic E-state index is -4.54. The van der Waals surface area contributed by atoms with Gasteiger partial charge >= 0.3 is 6.18 Å². The molecular formula is C13H17F3N2OS. The molecule has 1 fully saturated rings. The molecule has 1 saturated heterocycles. The van der Waals surface area contributed by atoms with Crippen LogP contribution in [-0.4, -0.2) is 25.2 Å². The number of alkyl halides is 3. The third-order valence-corrected chi connectivity index (χ3v) is 4.85. The smallest absolute Gasteiger partial charge is 0.348 e. The summed E-state index contributed by atoms with van der Waals surface area (Å²) >= 11 is 1.48. The Balaban J connectivity index is 2.14. The van der Waals surface area contributed by atoms with Crippen LogP contribution in [0.5, 0.6) is 0 Å². The third-order valence-electron chi connectivity index (χ3n) is 3.67. The molecule has 20 heavy (non-hydrogen) atoms. The Morgan fingerprint density at radius 2 is 2.20 bits per heavy atom. The zero-order valence-electron chi connectivity index (χ0n) is 11.3. The summed E-state index contributed by atoms with van der Waals surface area (Å²) in [5.41, 5.74) is -2.30. The first-order valence-corrected chi connectivity index (χ1v) is 7.23. The number of carbonyl (C=O) groups is 1. The van der Waals surface area contributed by atoms with Gasteiger partial charge in [0.15, 0.2) is 5.41 Å². The molecule has 0 radical (unpaired) electrons. The van der Waals surface area contributed by atoms with Gasteiger partial charge in [-0.05, 0) is 38.9 Å². The molecule has 0 aromatic carbocycles. The van der Waals surface area contributed by atoms with Crippen LogP contribution < -0.4 is 10.6 Å². The maximum atomic E-state index is 13.2. The maximum Gasteiger partial charge on any atom is 0.404 e. The molecule has 2 unspecified atom stereocenters. The van der Waals surface area contributed by atoms with Crippen LogP contribution in [0.3, 0.4) is 0 Å². The molecule has 7 heteroatoms. The maximum absolute atomic E-state index is 13.2. The average molecular weight is 306 g/mol. The molecule has 2 N–H and O–H groups in total. The van der Waals surface area contributed by atoms with Crippen LogP contribution in [0.15, 0.2) is 12.1 Å². The first-order chi connectivity index (χ1) is 9.26. The molecule has 0 saturated carbocycles. The van der Waals surface area contributed by atoms with Crippen LogP contribution in [0.1, 0.15) is 29.1 Å². The number of aryl methyl sites for hydroxylation is 1. The van der Waals surface area contributed by atoms with Crippen LogP contribution in [0.2, 0.25) is 0 Å². The first-order valence-electron chi connectivity index (χ1n) is 6.41. The summed E-state index contributed by atoms with van der Waals surface area (Å²) in [6.45, 7) is 3.48. The summed E-state index contributed by atoms with van der Waals surface area (Å²) in [5.74, 6) is -0.937. The van der Waals surface area contributed by atoms with E-state index in [9.17, 15) is 18.0 Å². The molecule has 0 bridgehead atoms. The van der Waals surface area contributed by atoms with E-state index in [1.165, 1.54) is 11.3 Å². The molecule has 1 aromatic heterocycles. The Kier molecular flexibility index (Phi) is 4.11. The lowest BCUT2D eigenvalue weighted by atomic mass is 9.85. The molecule has 2 rings (SSSR count). The normalized spacial score (nSPS) is 24.6. The van der Waals surface area contributed by atoms with Crippen molar-refractivity contribution in [1.29, 1.82) is 0 Å². The Hall–Kier alpha value is -1.08. The van der Waals surface area contributed by atoms with E-state index >= 15 is 0 Å². The quantitative estimate of drug-likeness (QED) is 0.901. The Morgan fingerprint density at radius 1 is 1.50 bits per heavy atom. The molecule has 3 nitrogen and oxygen atoms in total. The third kappa shape index (κ3) is 2.69. The largest absolute Gasteiger partial charge is 0.404 e. The monoisotopic (exact) mass is 306 g/mol.